The van der Waals surface area contributed by atoms with Crippen LogP contribution in [0.4, 0.5) is 0 Å². The van der Waals surface area contributed by atoms with Gasteiger partial charge in [-0.3, -0.25) is 29.2 Å². The monoisotopic (exact) mass is 576 g/mol. The van der Waals surface area contributed by atoms with Gasteiger partial charge in [0.15, 0.2) is 11.9 Å². The highest BCUT2D eigenvalue weighted by molar-refractivity contribution is 7.98. The summed E-state index contributed by atoms with van der Waals surface area (Å²) < 4.78 is 0. The van der Waals surface area contributed by atoms with Gasteiger partial charge in [-0.1, -0.05) is 0 Å². The first-order chi connectivity index (χ1) is 18.3. The number of carboxylic acid groups (broad SMARTS) is 2. The number of aliphatic imine (C=N–C) groups is 2. The minimum absolute atomic E-state index is 0.0126. The van der Waals surface area contributed by atoms with Crippen molar-refractivity contribution in [1.29, 1.82) is 0 Å². The Hall–Kier alpha value is -3.80. The molecule has 0 aromatic carbocycles. The molecule has 222 valence electrons. The van der Waals surface area contributed by atoms with E-state index in [1.165, 1.54) is 11.8 Å². The Morgan fingerprint density at radius 1 is 0.744 bits per heavy atom. The van der Waals surface area contributed by atoms with Gasteiger partial charge in [-0.2, -0.15) is 11.8 Å². The summed E-state index contributed by atoms with van der Waals surface area (Å²) >= 11 is 1.42. The van der Waals surface area contributed by atoms with Crippen molar-refractivity contribution in [1.82, 2.24) is 16.0 Å². The zero-order chi connectivity index (χ0) is 30.0. The number of hydrogen-bond acceptors (Lipinski definition) is 9. The molecule has 0 aliphatic rings. The predicted octanol–water partition coefficient (Wildman–Crippen LogP) is -3.81. The van der Waals surface area contributed by atoms with Crippen molar-refractivity contribution in [2.24, 2.45) is 38.7 Å². The quantitative estimate of drug-likeness (QED) is 0.0378. The zero-order valence-electron chi connectivity index (χ0n) is 21.8. The van der Waals surface area contributed by atoms with Crippen molar-refractivity contribution < 1.29 is 34.2 Å². The van der Waals surface area contributed by atoms with E-state index in [1.54, 1.807) is 6.26 Å². The lowest BCUT2D eigenvalue weighted by Gasteiger charge is -2.25. The van der Waals surface area contributed by atoms with E-state index in [4.69, 9.17) is 33.8 Å². The lowest BCUT2D eigenvalue weighted by molar-refractivity contribution is -0.147. The summed E-state index contributed by atoms with van der Waals surface area (Å²) in [6.45, 7) is 0.385. The molecule has 0 saturated heterocycles. The smallest absolute Gasteiger partial charge is 0.326 e. The van der Waals surface area contributed by atoms with E-state index >= 15 is 0 Å². The van der Waals surface area contributed by atoms with Crippen LogP contribution in [0.15, 0.2) is 9.98 Å². The number of aliphatic carboxylic acids is 2. The second kappa shape index (κ2) is 19.3. The molecule has 17 nitrogen and oxygen atoms in total. The molecular formula is C21H40N10O7S. The van der Waals surface area contributed by atoms with E-state index in [1.807, 2.05) is 0 Å². The van der Waals surface area contributed by atoms with Crippen molar-refractivity contribution >= 4 is 53.3 Å². The molecule has 0 rings (SSSR count). The molecule has 0 bridgehead atoms. The van der Waals surface area contributed by atoms with Gasteiger partial charge in [0, 0.05) is 13.1 Å². The van der Waals surface area contributed by atoms with Crippen molar-refractivity contribution in [3.8, 4) is 0 Å². The van der Waals surface area contributed by atoms with Crippen LogP contribution < -0.4 is 44.6 Å². The largest absolute Gasteiger partial charge is 0.481 e. The van der Waals surface area contributed by atoms with Gasteiger partial charge in [-0.25, -0.2) is 4.79 Å². The molecule has 0 aromatic rings. The summed E-state index contributed by atoms with van der Waals surface area (Å²) in [5.41, 5.74) is 27.0. The van der Waals surface area contributed by atoms with Crippen LogP contribution in [0.25, 0.3) is 0 Å². The number of guanidine groups is 2. The Labute approximate surface area is 230 Å². The molecule has 15 N–H and O–H groups in total. The molecule has 4 unspecified atom stereocenters. The molecule has 0 radical (unpaired) electrons. The summed E-state index contributed by atoms with van der Waals surface area (Å²) in [5, 5.41) is 25.4. The highest BCUT2D eigenvalue weighted by atomic mass is 32.2. The van der Waals surface area contributed by atoms with Crippen LogP contribution in [-0.4, -0.2) is 101 Å². The standard InChI is InChI=1S/C21H40N10O7S/c1-39-9-6-13(29-16(34)11(22)4-2-7-27-20(23)24)18(36)30-12(5-3-8-28-21(25)26)17(35)31-14(19(37)38)10-15(32)33/h11-14H,2-10,22H2,1H3,(H,29,34)(H,30,36)(H,31,35)(H,32,33)(H,37,38)(H4,23,24,27)(H4,25,26,28). The number of rotatable bonds is 20. The molecule has 4 atom stereocenters. The number of hydrogen-bond donors (Lipinski definition) is 10. The maximum Gasteiger partial charge on any atom is 0.326 e. The minimum Gasteiger partial charge on any atom is -0.481 e. The Morgan fingerprint density at radius 2 is 1.21 bits per heavy atom. The summed E-state index contributed by atoms with van der Waals surface area (Å²) in [5.74, 6) is -5.01. The van der Waals surface area contributed by atoms with Gasteiger partial charge in [-0.05, 0) is 44.1 Å². The van der Waals surface area contributed by atoms with Crippen LogP contribution >= 0.6 is 11.8 Å². The first-order valence-corrected chi connectivity index (χ1v) is 13.4. The molecule has 0 heterocycles. The van der Waals surface area contributed by atoms with Gasteiger partial charge >= 0.3 is 11.9 Å². The van der Waals surface area contributed by atoms with E-state index in [2.05, 4.69) is 25.9 Å². The predicted molar refractivity (Wildman–Crippen MR) is 146 cm³/mol. The summed E-state index contributed by atoms with van der Waals surface area (Å²) in [4.78, 5) is 68.6. The zero-order valence-corrected chi connectivity index (χ0v) is 22.6. The Kier molecular flexibility index (Phi) is 17.4. The van der Waals surface area contributed by atoms with Gasteiger partial charge < -0.3 is 54.8 Å². The van der Waals surface area contributed by atoms with Crippen LogP contribution in [0, 0.1) is 0 Å². The second-order valence-corrected chi connectivity index (χ2v) is 9.39. The molecule has 39 heavy (non-hydrogen) atoms. The fraction of sp³-hybridized carbons (Fsp3) is 0.667. The van der Waals surface area contributed by atoms with Crippen LogP contribution in [0.1, 0.15) is 38.5 Å². The van der Waals surface area contributed by atoms with Crippen molar-refractivity contribution in [2.45, 2.75) is 62.7 Å². The fourth-order valence-electron chi connectivity index (χ4n) is 3.13. The van der Waals surface area contributed by atoms with E-state index in [0.29, 0.717) is 12.2 Å². The maximum atomic E-state index is 13.1. The normalized spacial score (nSPS) is 13.6. The molecular weight excluding hydrogens is 536 g/mol. The van der Waals surface area contributed by atoms with Gasteiger partial charge in [-0.15, -0.1) is 0 Å². The lowest BCUT2D eigenvalue weighted by Crippen LogP contribution is -2.57. The molecule has 0 aromatic heterocycles. The van der Waals surface area contributed by atoms with Gasteiger partial charge in [0.05, 0.1) is 12.5 Å². The first-order valence-electron chi connectivity index (χ1n) is 12.0. The molecule has 0 spiro atoms. The number of carboxylic acids is 2. The molecule has 0 saturated carbocycles. The molecule has 3 amide bonds. The van der Waals surface area contributed by atoms with Crippen molar-refractivity contribution in [2.75, 3.05) is 25.1 Å². The first kappa shape index (κ1) is 35.2. The van der Waals surface area contributed by atoms with E-state index in [9.17, 15) is 29.1 Å². The SMILES string of the molecule is CSCCC(NC(=O)C(N)CCCN=C(N)N)C(=O)NC(CCCN=C(N)N)C(=O)NC(CC(=O)O)C(=O)O. The van der Waals surface area contributed by atoms with E-state index in [-0.39, 0.29) is 50.7 Å². The van der Waals surface area contributed by atoms with Crippen LogP contribution in [-0.2, 0) is 24.0 Å². The van der Waals surface area contributed by atoms with Crippen LogP contribution in [0.5, 0.6) is 0 Å². The number of nitrogens with zero attached hydrogens (tertiary/aromatic N) is 2. The average molecular weight is 577 g/mol. The van der Waals surface area contributed by atoms with Gasteiger partial charge in [0.25, 0.3) is 0 Å². The third kappa shape index (κ3) is 16.6. The summed E-state index contributed by atoms with van der Waals surface area (Å²) in [6.07, 6.45) is 2.02. The third-order valence-electron chi connectivity index (χ3n) is 5.12. The van der Waals surface area contributed by atoms with Gasteiger partial charge in [0.1, 0.15) is 18.1 Å². The molecule has 0 aliphatic heterocycles. The fourth-order valence-corrected chi connectivity index (χ4v) is 3.60. The van der Waals surface area contributed by atoms with Crippen LogP contribution in [0.3, 0.4) is 0 Å². The highest BCUT2D eigenvalue weighted by Crippen LogP contribution is 2.07. The van der Waals surface area contributed by atoms with Crippen molar-refractivity contribution in [3.05, 3.63) is 0 Å². The molecule has 0 aliphatic carbocycles. The number of thioether (sulfide) groups is 1. The maximum absolute atomic E-state index is 13.1. The Balaban J connectivity index is 5.55. The van der Waals surface area contributed by atoms with E-state index < -0.39 is 60.2 Å². The molecule has 0 fully saturated rings. The van der Waals surface area contributed by atoms with Crippen molar-refractivity contribution in [3.63, 3.8) is 0 Å². The Morgan fingerprint density at radius 3 is 1.67 bits per heavy atom. The number of carbonyl (C=O) groups is 5. The van der Waals surface area contributed by atoms with Gasteiger partial charge in [0.2, 0.25) is 17.7 Å². The third-order valence-corrected chi connectivity index (χ3v) is 5.76. The Bertz CT molecular complexity index is 894. The average Bonchev–Trinajstić information content (AvgIpc) is 2.84. The number of carbonyl (C=O) groups excluding carboxylic acids is 3. The van der Waals surface area contributed by atoms with E-state index in [0.717, 1.165) is 0 Å². The lowest BCUT2D eigenvalue weighted by atomic mass is 10.1. The number of amides is 3. The number of nitrogens with one attached hydrogen (secondary N) is 3. The minimum atomic E-state index is -1.73. The second-order valence-electron chi connectivity index (χ2n) is 8.41. The van der Waals surface area contributed by atoms with Crippen LogP contribution in [0.2, 0.25) is 0 Å². The summed E-state index contributed by atoms with van der Waals surface area (Å²) in [6, 6.07) is -5.01. The topological polar surface area (TPSA) is 317 Å². The number of nitrogens with two attached hydrogens (primary N) is 5. The molecule has 18 heteroatoms. The summed E-state index contributed by atoms with van der Waals surface area (Å²) in [7, 11) is 0. The highest BCUT2D eigenvalue weighted by Gasteiger charge is 2.30.